The largest absolute Gasteiger partial charge is 0.342 e. The van der Waals surface area contributed by atoms with Crippen molar-refractivity contribution in [2.24, 2.45) is 0 Å². The van der Waals surface area contributed by atoms with E-state index in [0.29, 0.717) is 10.9 Å². The number of carbonyl (C=O) groups is 1. The van der Waals surface area contributed by atoms with E-state index in [1.54, 1.807) is 29.5 Å². The lowest BCUT2D eigenvalue weighted by Gasteiger charge is -2.10. The van der Waals surface area contributed by atoms with Gasteiger partial charge in [0.05, 0.1) is 17.3 Å². The Bertz CT molecular complexity index is 1000. The van der Waals surface area contributed by atoms with Gasteiger partial charge in [-0.25, -0.2) is 4.98 Å². The number of aromatic nitrogens is 3. The molecule has 0 bridgehead atoms. The average Bonchev–Trinajstić information content (AvgIpc) is 2.93. The van der Waals surface area contributed by atoms with Gasteiger partial charge in [-0.15, -0.1) is 11.3 Å². The van der Waals surface area contributed by atoms with Crippen LogP contribution in [0, 0.1) is 0 Å². The van der Waals surface area contributed by atoms with Crippen LogP contribution in [0.3, 0.4) is 0 Å². The standard InChI is InChI=1S/C19H20N4O2S/c1-11(19-21-14-9-3-2-4-10-15(14)26-19)20-18(25)16-17(24)12-7-5-6-8-13(12)22-23-16/h5-8,11H,2-4,9-10H2,1H3,(H,20,25)(H,22,24). The molecule has 26 heavy (non-hydrogen) atoms. The van der Waals surface area contributed by atoms with Gasteiger partial charge in [0.25, 0.3) is 5.91 Å². The van der Waals surface area contributed by atoms with Gasteiger partial charge in [0, 0.05) is 10.3 Å². The van der Waals surface area contributed by atoms with E-state index in [2.05, 4.69) is 15.5 Å². The van der Waals surface area contributed by atoms with Gasteiger partial charge >= 0.3 is 0 Å². The molecule has 134 valence electrons. The quantitative estimate of drug-likeness (QED) is 0.695. The summed E-state index contributed by atoms with van der Waals surface area (Å²) in [4.78, 5) is 31.2. The van der Waals surface area contributed by atoms with E-state index in [1.165, 1.54) is 29.8 Å². The molecule has 2 aromatic heterocycles. The van der Waals surface area contributed by atoms with Crippen molar-refractivity contribution in [3.05, 3.63) is 55.8 Å². The van der Waals surface area contributed by atoms with Crippen LogP contribution in [0.4, 0.5) is 0 Å². The molecule has 1 aromatic carbocycles. The zero-order valence-corrected chi connectivity index (χ0v) is 15.4. The predicted octanol–water partition coefficient (Wildman–Crippen LogP) is 3.14. The summed E-state index contributed by atoms with van der Waals surface area (Å²) in [5.74, 6) is -0.477. The number of H-pyrrole nitrogens is 1. The second kappa shape index (κ2) is 6.99. The van der Waals surface area contributed by atoms with E-state index in [4.69, 9.17) is 4.98 Å². The Hall–Kier alpha value is -2.54. The second-order valence-electron chi connectivity index (χ2n) is 6.62. The molecule has 7 heteroatoms. The summed E-state index contributed by atoms with van der Waals surface area (Å²) >= 11 is 1.67. The molecule has 1 aliphatic rings. The molecular formula is C19H20N4O2S. The first kappa shape index (κ1) is 16.9. The summed E-state index contributed by atoms with van der Waals surface area (Å²) in [7, 11) is 0. The van der Waals surface area contributed by atoms with Crippen LogP contribution in [-0.2, 0) is 12.8 Å². The molecule has 1 aliphatic carbocycles. The normalized spacial score (nSPS) is 15.3. The van der Waals surface area contributed by atoms with Crippen molar-refractivity contribution < 1.29 is 4.79 Å². The molecule has 6 nitrogen and oxygen atoms in total. The molecule has 2 heterocycles. The molecule has 0 saturated carbocycles. The van der Waals surface area contributed by atoms with E-state index >= 15 is 0 Å². The maximum absolute atomic E-state index is 12.6. The van der Waals surface area contributed by atoms with Gasteiger partial charge in [0.1, 0.15) is 5.01 Å². The highest BCUT2D eigenvalue weighted by molar-refractivity contribution is 7.11. The zero-order valence-electron chi connectivity index (χ0n) is 14.5. The lowest BCUT2D eigenvalue weighted by Crippen LogP contribution is -2.32. The lowest BCUT2D eigenvalue weighted by atomic mass is 10.2. The Balaban J connectivity index is 1.56. The number of hydrogen-bond donors (Lipinski definition) is 2. The van der Waals surface area contributed by atoms with Crippen LogP contribution in [0.5, 0.6) is 0 Å². The number of aryl methyl sites for hydroxylation is 2. The minimum absolute atomic E-state index is 0.117. The van der Waals surface area contributed by atoms with Gasteiger partial charge in [0.2, 0.25) is 5.43 Å². The van der Waals surface area contributed by atoms with Crippen molar-refractivity contribution in [2.45, 2.75) is 45.1 Å². The molecule has 3 aromatic rings. The Labute approximate surface area is 154 Å². The number of aromatic amines is 1. The van der Waals surface area contributed by atoms with Crippen molar-refractivity contribution in [1.29, 1.82) is 0 Å². The van der Waals surface area contributed by atoms with Crippen LogP contribution in [-0.4, -0.2) is 21.1 Å². The molecule has 0 spiro atoms. The molecule has 1 atom stereocenters. The third-order valence-electron chi connectivity index (χ3n) is 4.72. The van der Waals surface area contributed by atoms with Gasteiger partial charge in [0.15, 0.2) is 5.69 Å². The molecule has 0 aliphatic heterocycles. The first-order valence-corrected chi connectivity index (χ1v) is 9.72. The van der Waals surface area contributed by atoms with Crippen LogP contribution in [0.15, 0.2) is 29.1 Å². The fourth-order valence-electron chi connectivity index (χ4n) is 3.29. The lowest BCUT2D eigenvalue weighted by molar-refractivity contribution is 0.0933. The molecule has 0 saturated heterocycles. The Morgan fingerprint density at radius 1 is 1.23 bits per heavy atom. The van der Waals surface area contributed by atoms with Gasteiger partial charge in [-0.3, -0.25) is 14.7 Å². The number of nitrogens with one attached hydrogen (secondary N) is 2. The summed E-state index contributed by atoms with van der Waals surface area (Å²) < 4.78 is 0. The fraction of sp³-hybridized carbons (Fsp3) is 0.368. The molecule has 2 N–H and O–H groups in total. The third-order valence-corrected chi connectivity index (χ3v) is 6.06. The minimum atomic E-state index is -0.477. The van der Waals surface area contributed by atoms with E-state index in [1.807, 2.05) is 13.0 Å². The SMILES string of the molecule is CC(NC(=O)c1n[nH]c2ccccc2c1=O)c1nc2c(s1)CCCCC2. The summed E-state index contributed by atoms with van der Waals surface area (Å²) in [6.45, 7) is 1.89. The van der Waals surface area contributed by atoms with Crippen molar-refractivity contribution >= 4 is 28.1 Å². The number of fused-ring (bicyclic) bond motifs is 2. The summed E-state index contributed by atoms with van der Waals surface area (Å²) in [5.41, 5.74) is 1.31. The highest BCUT2D eigenvalue weighted by Crippen LogP contribution is 2.29. The van der Waals surface area contributed by atoms with E-state index in [0.717, 1.165) is 17.8 Å². The van der Waals surface area contributed by atoms with E-state index in [9.17, 15) is 9.59 Å². The van der Waals surface area contributed by atoms with E-state index < -0.39 is 5.91 Å². The smallest absolute Gasteiger partial charge is 0.276 e. The van der Waals surface area contributed by atoms with Gasteiger partial charge < -0.3 is 5.32 Å². The third kappa shape index (κ3) is 3.14. The number of carbonyl (C=O) groups excluding carboxylic acids is 1. The number of thiazole rings is 1. The number of amides is 1. The number of hydrogen-bond acceptors (Lipinski definition) is 5. The molecule has 0 fully saturated rings. The first-order chi connectivity index (χ1) is 12.6. The van der Waals surface area contributed by atoms with Crippen LogP contribution < -0.4 is 10.7 Å². The number of para-hydroxylation sites is 1. The zero-order chi connectivity index (χ0) is 18.1. The predicted molar refractivity (Wildman–Crippen MR) is 102 cm³/mol. The maximum atomic E-state index is 12.6. The summed E-state index contributed by atoms with van der Waals surface area (Å²) in [6.07, 6.45) is 5.71. The van der Waals surface area contributed by atoms with Crippen molar-refractivity contribution in [2.75, 3.05) is 0 Å². The van der Waals surface area contributed by atoms with Crippen LogP contribution in [0.2, 0.25) is 0 Å². The van der Waals surface area contributed by atoms with Crippen molar-refractivity contribution in [3.8, 4) is 0 Å². The Kier molecular flexibility index (Phi) is 4.55. The van der Waals surface area contributed by atoms with Crippen LogP contribution in [0.25, 0.3) is 10.9 Å². The van der Waals surface area contributed by atoms with Gasteiger partial charge in [-0.1, -0.05) is 18.6 Å². The number of rotatable bonds is 3. The van der Waals surface area contributed by atoms with Crippen LogP contribution >= 0.6 is 11.3 Å². The summed E-state index contributed by atoms with van der Waals surface area (Å²) in [5, 5.41) is 11.0. The average molecular weight is 368 g/mol. The molecule has 1 amide bonds. The van der Waals surface area contributed by atoms with Crippen molar-refractivity contribution in [3.63, 3.8) is 0 Å². The Morgan fingerprint density at radius 3 is 2.92 bits per heavy atom. The highest BCUT2D eigenvalue weighted by atomic mass is 32.1. The first-order valence-electron chi connectivity index (χ1n) is 8.90. The monoisotopic (exact) mass is 368 g/mol. The van der Waals surface area contributed by atoms with Crippen LogP contribution in [0.1, 0.15) is 58.3 Å². The molecule has 1 unspecified atom stereocenters. The highest BCUT2D eigenvalue weighted by Gasteiger charge is 2.21. The molecular weight excluding hydrogens is 348 g/mol. The maximum Gasteiger partial charge on any atom is 0.276 e. The van der Waals surface area contributed by atoms with Crippen molar-refractivity contribution in [1.82, 2.24) is 20.5 Å². The summed E-state index contributed by atoms with van der Waals surface area (Å²) in [6, 6.07) is 6.77. The fourth-order valence-corrected chi connectivity index (χ4v) is 4.44. The minimum Gasteiger partial charge on any atom is -0.342 e. The van der Waals surface area contributed by atoms with E-state index in [-0.39, 0.29) is 17.2 Å². The number of nitrogens with zero attached hydrogens (tertiary/aromatic N) is 2. The second-order valence-corrected chi connectivity index (χ2v) is 7.74. The van der Waals surface area contributed by atoms with Gasteiger partial charge in [-0.2, -0.15) is 5.10 Å². The molecule has 0 radical (unpaired) electrons. The number of benzene rings is 1. The van der Waals surface area contributed by atoms with Gasteiger partial charge in [-0.05, 0) is 44.7 Å². The Morgan fingerprint density at radius 2 is 2.04 bits per heavy atom. The topological polar surface area (TPSA) is 87.7 Å². The molecule has 4 rings (SSSR count).